The Morgan fingerprint density at radius 1 is 1.14 bits per heavy atom. The van der Waals surface area contributed by atoms with Crippen LogP contribution in [0.3, 0.4) is 0 Å². The third-order valence-corrected chi connectivity index (χ3v) is 4.02. The first-order valence-electron chi connectivity index (χ1n) is 6.62. The molecule has 0 aromatic carbocycles. The summed E-state index contributed by atoms with van der Waals surface area (Å²) >= 11 is 0. The Labute approximate surface area is 120 Å². The van der Waals surface area contributed by atoms with Crippen molar-refractivity contribution >= 4 is 0 Å². The van der Waals surface area contributed by atoms with E-state index in [0.717, 1.165) is 0 Å². The number of hydrogen-bond acceptors (Lipinski definition) is 9. The van der Waals surface area contributed by atoms with Crippen LogP contribution in [0.25, 0.3) is 0 Å². The van der Waals surface area contributed by atoms with E-state index in [1.54, 1.807) is 6.07 Å². The van der Waals surface area contributed by atoms with Crippen molar-refractivity contribution in [1.82, 2.24) is 0 Å². The molecule has 0 amide bonds. The van der Waals surface area contributed by atoms with Crippen molar-refractivity contribution in [2.75, 3.05) is 6.61 Å². The normalized spacial score (nSPS) is 50.8. The Balaban J connectivity index is 2.16. The van der Waals surface area contributed by atoms with Crippen molar-refractivity contribution in [3.8, 4) is 6.07 Å². The van der Waals surface area contributed by atoms with Crippen molar-refractivity contribution in [2.45, 2.75) is 61.4 Å². The zero-order chi connectivity index (χ0) is 15.8. The van der Waals surface area contributed by atoms with E-state index in [0.29, 0.717) is 0 Å². The van der Waals surface area contributed by atoms with Crippen LogP contribution < -0.4 is 0 Å². The van der Waals surface area contributed by atoms with Gasteiger partial charge < -0.3 is 40.1 Å². The highest BCUT2D eigenvalue weighted by atomic mass is 16.7. The highest BCUT2D eigenvalue weighted by molar-refractivity contribution is 5.14. The predicted molar refractivity (Wildman–Crippen MR) is 64.4 cm³/mol. The first-order chi connectivity index (χ1) is 9.86. The standard InChI is InChI=1S/C12H19NO8/c13-4-12(2-1-5(15)10(12)19)21-11-9(18)8(17)7(16)6(3-14)20-11/h5-11,14-19H,1-3H2/t5-,6-,7-,8+,9-,10+,11+,12-/m1/s1. The molecular formula is C12H19NO8. The zero-order valence-electron chi connectivity index (χ0n) is 11.1. The van der Waals surface area contributed by atoms with Crippen LogP contribution in [0.2, 0.25) is 0 Å². The van der Waals surface area contributed by atoms with Crippen LogP contribution in [-0.2, 0) is 9.47 Å². The Bertz CT molecular complexity index is 413. The van der Waals surface area contributed by atoms with Gasteiger partial charge in [-0.25, -0.2) is 0 Å². The summed E-state index contributed by atoms with van der Waals surface area (Å²) in [6.45, 7) is -0.629. The molecule has 1 aliphatic heterocycles. The Hall–Kier alpha value is -0.830. The number of aliphatic hydroxyl groups is 6. The lowest BCUT2D eigenvalue weighted by molar-refractivity contribution is -0.326. The van der Waals surface area contributed by atoms with E-state index in [2.05, 4.69) is 0 Å². The van der Waals surface area contributed by atoms with Gasteiger partial charge in [-0.2, -0.15) is 5.26 Å². The van der Waals surface area contributed by atoms with Crippen LogP contribution in [-0.4, -0.2) is 85.8 Å². The molecule has 0 spiro atoms. The average Bonchev–Trinajstić information content (AvgIpc) is 2.77. The molecule has 1 aliphatic carbocycles. The molecule has 9 nitrogen and oxygen atoms in total. The van der Waals surface area contributed by atoms with Gasteiger partial charge in [0.2, 0.25) is 0 Å². The summed E-state index contributed by atoms with van der Waals surface area (Å²) in [6.07, 6.45) is -10.0. The molecule has 1 saturated heterocycles. The van der Waals surface area contributed by atoms with Gasteiger partial charge >= 0.3 is 0 Å². The lowest BCUT2D eigenvalue weighted by Gasteiger charge is -2.42. The maximum atomic E-state index is 9.87. The molecule has 8 atom stereocenters. The molecule has 2 fully saturated rings. The van der Waals surface area contributed by atoms with E-state index in [-0.39, 0.29) is 12.8 Å². The summed E-state index contributed by atoms with van der Waals surface area (Å²) in [5, 5.41) is 66.8. The smallest absolute Gasteiger partial charge is 0.188 e. The summed E-state index contributed by atoms with van der Waals surface area (Å²) in [6, 6.07) is 1.75. The van der Waals surface area contributed by atoms with E-state index in [1.807, 2.05) is 0 Å². The van der Waals surface area contributed by atoms with E-state index < -0.39 is 55.1 Å². The molecule has 0 radical (unpaired) electrons. The van der Waals surface area contributed by atoms with Crippen LogP contribution in [0.1, 0.15) is 12.8 Å². The Morgan fingerprint density at radius 3 is 2.29 bits per heavy atom. The maximum absolute atomic E-state index is 9.87. The first-order valence-corrected chi connectivity index (χ1v) is 6.62. The van der Waals surface area contributed by atoms with E-state index in [1.165, 1.54) is 0 Å². The second-order valence-electron chi connectivity index (χ2n) is 5.37. The SMILES string of the molecule is N#C[C@]1(O[C@@H]2O[C@H](CO)[C@@H](O)[C@H](O)[C@H]2O)CC[C@@H](O)[C@@H]1O. The monoisotopic (exact) mass is 305 g/mol. The van der Waals surface area contributed by atoms with Gasteiger partial charge in [0.25, 0.3) is 0 Å². The Kier molecular flexibility index (Phi) is 4.82. The quantitative estimate of drug-likeness (QED) is 0.311. The molecule has 0 bridgehead atoms. The lowest BCUT2D eigenvalue weighted by atomic mass is 9.97. The average molecular weight is 305 g/mol. The van der Waals surface area contributed by atoms with Crippen molar-refractivity contribution in [2.24, 2.45) is 0 Å². The number of hydrogen-bond donors (Lipinski definition) is 6. The third kappa shape index (κ3) is 2.77. The largest absolute Gasteiger partial charge is 0.394 e. The molecule has 1 saturated carbocycles. The summed E-state index contributed by atoms with van der Waals surface area (Å²) in [5.74, 6) is 0. The summed E-state index contributed by atoms with van der Waals surface area (Å²) in [7, 11) is 0. The highest BCUT2D eigenvalue weighted by Crippen LogP contribution is 2.36. The topological polar surface area (TPSA) is 164 Å². The molecule has 21 heavy (non-hydrogen) atoms. The molecule has 9 heteroatoms. The van der Waals surface area contributed by atoms with Gasteiger partial charge in [0.05, 0.1) is 12.7 Å². The van der Waals surface area contributed by atoms with Gasteiger partial charge in [-0.05, 0) is 12.8 Å². The number of ether oxygens (including phenoxy) is 2. The third-order valence-electron chi connectivity index (χ3n) is 4.02. The summed E-state index contributed by atoms with van der Waals surface area (Å²) < 4.78 is 10.4. The van der Waals surface area contributed by atoms with E-state index in [9.17, 15) is 30.8 Å². The number of nitriles is 1. The van der Waals surface area contributed by atoms with Crippen LogP contribution in [0.4, 0.5) is 0 Å². The van der Waals surface area contributed by atoms with Crippen LogP contribution in [0.15, 0.2) is 0 Å². The molecule has 2 rings (SSSR count). The van der Waals surface area contributed by atoms with E-state index >= 15 is 0 Å². The van der Waals surface area contributed by atoms with Crippen molar-refractivity contribution < 1.29 is 40.1 Å². The van der Waals surface area contributed by atoms with Crippen molar-refractivity contribution in [3.05, 3.63) is 0 Å². The van der Waals surface area contributed by atoms with Crippen molar-refractivity contribution in [3.63, 3.8) is 0 Å². The molecule has 1 heterocycles. The second-order valence-corrected chi connectivity index (χ2v) is 5.37. The van der Waals surface area contributed by atoms with Crippen LogP contribution in [0, 0.1) is 11.3 Å². The molecule has 6 N–H and O–H groups in total. The maximum Gasteiger partial charge on any atom is 0.188 e. The highest BCUT2D eigenvalue weighted by Gasteiger charge is 2.54. The number of nitrogens with zero attached hydrogens (tertiary/aromatic N) is 1. The lowest BCUT2D eigenvalue weighted by Crippen LogP contribution is -2.61. The van der Waals surface area contributed by atoms with Gasteiger partial charge in [-0.15, -0.1) is 0 Å². The van der Waals surface area contributed by atoms with Crippen LogP contribution >= 0.6 is 0 Å². The minimum Gasteiger partial charge on any atom is -0.394 e. The van der Waals surface area contributed by atoms with Gasteiger partial charge in [0, 0.05) is 0 Å². The van der Waals surface area contributed by atoms with Crippen molar-refractivity contribution in [1.29, 1.82) is 5.26 Å². The second kappa shape index (κ2) is 6.12. The molecule has 0 unspecified atom stereocenters. The summed E-state index contributed by atoms with van der Waals surface area (Å²) in [5.41, 5.74) is -1.78. The molecular weight excluding hydrogens is 286 g/mol. The minimum atomic E-state index is -1.78. The number of rotatable bonds is 3. The minimum absolute atomic E-state index is 0.0147. The fourth-order valence-corrected chi connectivity index (χ4v) is 2.63. The Morgan fingerprint density at radius 2 is 1.81 bits per heavy atom. The fourth-order valence-electron chi connectivity index (χ4n) is 2.63. The van der Waals surface area contributed by atoms with Gasteiger partial charge in [-0.1, -0.05) is 0 Å². The first kappa shape index (κ1) is 16.5. The zero-order valence-corrected chi connectivity index (χ0v) is 11.1. The van der Waals surface area contributed by atoms with Gasteiger partial charge in [-0.3, -0.25) is 0 Å². The van der Waals surface area contributed by atoms with Gasteiger partial charge in [0.1, 0.15) is 36.6 Å². The molecule has 0 aromatic rings. The molecule has 0 aromatic heterocycles. The van der Waals surface area contributed by atoms with E-state index in [4.69, 9.17) is 14.6 Å². The molecule has 2 aliphatic rings. The molecule has 120 valence electrons. The van der Waals surface area contributed by atoms with Crippen LogP contribution in [0.5, 0.6) is 0 Å². The predicted octanol–water partition coefficient (Wildman–Crippen LogP) is -3.42. The summed E-state index contributed by atoms with van der Waals surface area (Å²) in [4.78, 5) is 0. The van der Waals surface area contributed by atoms with Gasteiger partial charge in [0.15, 0.2) is 11.9 Å². The fraction of sp³-hybridized carbons (Fsp3) is 0.917. The number of aliphatic hydroxyl groups excluding tert-OH is 6.